The largest absolute Gasteiger partial charge is 0.550 e. The molecule has 4 rings (SSSR count). The van der Waals surface area contributed by atoms with E-state index < -0.39 is 17.4 Å². The monoisotopic (exact) mass is 360 g/mol. The van der Waals surface area contributed by atoms with Crippen LogP contribution in [0.25, 0.3) is 0 Å². The minimum Gasteiger partial charge on any atom is -0.550 e. The predicted octanol–water partition coefficient (Wildman–Crippen LogP) is 0.398. The molecule has 0 aromatic heterocycles. The molecule has 2 saturated heterocycles. The van der Waals surface area contributed by atoms with Gasteiger partial charge in [0.2, 0.25) is 0 Å². The van der Waals surface area contributed by atoms with Crippen LogP contribution in [0, 0.1) is 5.41 Å². The third kappa shape index (κ3) is 3.86. The van der Waals surface area contributed by atoms with Gasteiger partial charge in [-0.25, -0.2) is 0 Å². The predicted molar refractivity (Wildman–Crippen MR) is 87.5 cm³/mol. The van der Waals surface area contributed by atoms with Crippen LogP contribution >= 0.6 is 0 Å². The molecule has 0 radical (unpaired) electrons. The lowest BCUT2D eigenvalue weighted by Gasteiger charge is -2.38. The van der Waals surface area contributed by atoms with E-state index in [4.69, 9.17) is 9.47 Å². The molecule has 0 aromatic rings. The van der Waals surface area contributed by atoms with Crippen molar-refractivity contribution < 1.29 is 29.3 Å². The standard InChI is InChI=1S/C20H26O6/c21-18(22)2-1-7-20(19(23)24,10-12-3-5-14-16(8-12)25-14)11-13-4-6-15-17(9-13)26-15/h8-9,14-17H,1-7,10-11H2,(H,21,22)(H,23,24)/p-2. The smallest absolute Gasteiger partial charge is 0.103 e. The Morgan fingerprint density at radius 3 is 1.96 bits per heavy atom. The quantitative estimate of drug-likeness (QED) is 0.435. The maximum absolute atomic E-state index is 12.2. The van der Waals surface area contributed by atoms with Gasteiger partial charge in [-0.15, -0.1) is 0 Å². The zero-order valence-corrected chi connectivity index (χ0v) is 14.8. The Balaban J connectivity index is 1.52. The van der Waals surface area contributed by atoms with Gasteiger partial charge in [-0.3, -0.25) is 0 Å². The van der Waals surface area contributed by atoms with Crippen LogP contribution in [-0.4, -0.2) is 36.4 Å². The van der Waals surface area contributed by atoms with Crippen LogP contribution in [0.15, 0.2) is 23.3 Å². The summed E-state index contributed by atoms with van der Waals surface area (Å²) < 4.78 is 11.0. The fraction of sp³-hybridized carbons (Fsp3) is 0.700. The molecule has 2 aliphatic heterocycles. The Bertz CT molecular complexity index is 625. The number of ether oxygens (including phenoxy) is 2. The first kappa shape index (κ1) is 17.7. The number of carbonyl (C=O) groups excluding carboxylic acids is 2. The molecule has 4 atom stereocenters. The van der Waals surface area contributed by atoms with Crippen LogP contribution < -0.4 is 10.2 Å². The van der Waals surface area contributed by atoms with Gasteiger partial charge in [-0.2, -0.15) is 0 Å². The molecule has 2 aliphatic carbocycles. The molecule has 2 heterocycles. The van der Waals surface area contributed by atoms with E-state index in [-0.39, 0.29) is 31.5 Å². The van der Waals surface area contributed by atoms with Crippen LogP contribution in [-0.2, 0) is 19.1 Å². The summed E-state index contributed by atoms with van der Waals surface area (Å²) in [6.45, 7) is 0. The van der Waals surface area contributed by atoms with E-state index in [1.54, 1.807) is 0 Å². The molecule has 4 aliphatic rings. The highest BCUT2D eigenvalue weighted by Crippen LogP contribution is 2.46. The van der Waals surface area contributed by atoms with Crippen molar-refractivity contribution >= 4 is 11.9 Å². The number of epoxide rings is 2. The molecule has 26 heavy (non-hydrogen) atoms. The molecule has 142 valence electrons. The maximum atomic E-state index is 12.2. The second-order valence-electron chi connectivity index (χ2n) is 8.15. The first-order chi connectivity index (χ1) is 12.4. The summed E-state index contributed by atoms with van der Waals surface area (Å²) in [7, 11) is 0. The zero-order valence-electron chi connectivity index (χ0n) is 14.8. The van der Waals surface area contributed by atoms with E-state index in [9.17, 15) is 19.8 Å². The number of carboxylic acids is 2. The van der Waals surface area contributed by atoms with E-state index in [2.05, 4.69) is 12.2 Å². The molecule has 4 unspecified atom stereocenters. The van der Waals surface area contributed by atoms with Crippen molar-refractivity contribution in [3.63, 3.8) is 0 Å². The van der Waals surface area contributed by atoms with E-state index in [0.717, 1.165) is 36.8 Å². The van der Waals surface area contributed by atoms with Crippen LogP contribution in [0.4, 0.5) is 0 Å². The lowest BCUT2D eigenvalue weighted by atomic mass is 9.70. The van der Waals surface area contributed by atoms with Gasteiger partial charge in [-0.05, 0) is 57.8 Å². The SMILES string of the molecule is O=C([O-])CCCC(CC1=CC2OC2CC1)(CC1=CC2OC2CC1)C(=O)[O-]. The van der Waals surface area contributed by atoms with Gasteiger partial charge in [0.15, 0.2) is 0 Å². The highest BCUT2D eigenvalue weighted by atomic mass is 16.6. The number of rotatable bonds is 9. The minimum absolute atomic E-state index is 0.130. The number of carbonyl (C=O) groups is 2. The second kappa shape index (κ2) is 6.82. The minimum atomic E-state index is -1.14. The Kier molecular flexibility index (Phi) is 4.65. The molecule has 0 N–H and O–H groups in total. The summed E-state index contributed by atoms with van der Waals surface area (Å²) in [4.78, 5) is 23.0. The molecule has 0 saturated carbocycles. The number of aliphatic carboxylic acids is 2. The lowest BCUT2D eigenvalue weighted by molar-refractivity contribution is -0.320. The summed E-state index contributed by atoms with van der Waals surface area (Å²) in [6.07, 6.45) is 9.76. The van der Waals surface area contributed by atoms with E-state index in [0.29, 0.717) is 25.0 Å². The van der Waals surface area contributed by atoms with Crippen molar-refractivity contribution in [3.05, 3.63) is 23.3 Å². The van der Waals surface area contributed by atoms with Crippen molar-refractivity contribution in [2.24, 2.45) is 5.41 Å². The van der Waals surface area contributed by atoms with Crippen LogP contribution in [0.2, 0.25) is 0 Å². The van der Waals surface area contributed by atoms with Gasteiger partial charge in [0.05, 0.1) is 12.2 Å². The number of allylic oxidation sites excluding steroid dienone is 2. The zero-order chi connectivity index (χ0) is 18.3. The van der Waals surface area contributed by atoms with E-state index >= 15 is 0 Å². The van der Waals surface area contributed by atoms with Crippen molar-refractivity contribution in [2.75, 3.05) is 0 Å². The molecule has 0 aromatic carbocycles. The summed E-state index contributed by atoms with van der Waals surface area (Å²) in [5.41, 5.74) is 1.12. The molecule has 0 amide bonds. The Labute approximate surface area is 152 Å². The van der Waals surface area contributed by atoms with E-state index in [1.807, 2.05) is 0 Å². The first-order valence-corrected chi connectivity index (χ1v) is 9.56. The summed E-state index contributed by atoms with van der Waals surface area (Å²) in [5, 5.41) is 23.0. The molecule has 2 fully saturated rings. The molecule has 0 spiro atoms. The third-order valence-corrected chi connectivity index (χ3v) is 6.14. The molecular weight excluding hydrogens is 336 g/mol. The molecule has 6 heteroatoms. The van der Waals surface area contributed by atoms with Gasteiger partial charge >= 0.3 is 0 Å². The number of hydrogen-bond acceptors (Lipinski definition) is 6. The van der Waals surface area contributed by atoms with E-state index in [1.165, 1.54) is 0 Å². The van der Waals surface area contributed by atoms with Gasteiger partial charge in [-0.1, -0.05) is 23.3 Å². The van der Waals surface area contributed by atoms with Crippen LogP contribution in [0.3, 0.4) is 0 Å². The average Bonchev–Trinajstić information content (AvgIpc) is 3.48. The van der Waals surface area contributed by atoms with Crippen molar-refractivity contribution in [2.45, 2.75) is 82.2 Å². The highest BCUT2D eigenvalue weighted by Gasteiger charge is 2.44. The van der Waals surface area contributed by atoms with Gasteiger partial charge in [0.25, 0.3) is 0 Å². The summed E-state index contributed by atoms with van der Waals surface area (Å²) >= 11 is 0. The molecule has 0 bridgehead atoms. The van der Waals surface area contributed by atoms with Crippen molar-refractivity contribution in [1.29, 1.82) is 0 Å². The first-order valence-electron chi connectivity index (χ1n) is 9.56. The average molecular weight is 360 g/mol. The Morgan fingerprint density at radius 2 is 1.54 bits per heavy atom. The second-order valence-corrected chi connectivity index (χ2v) is 8.15. The van der Waals surface area contributed by atoms with Crippen LogP contribution in [0.5, 0.6) is 0 Å². The van der Waals surface area contributed by atoms with Crippen molar-refractivity contribution in [1.82, 2.24) is 0 Å². The number of hydrogen-bond donors (Lipinski definition) is 0. The number of fused-ring (bicyclic) bond motifs is 2. The topological polar surface area (TPSA) is 105 Å². The number of carboxylic acid groups (broad SMARTS) is 2. The summed E-state index contributed by atoms with van der Waals surface area (Å²) in [6, 6.07) is 0. The maximum Gasteiger partial charge on any atom is 0.103 e. The Morgan fingerprint density at radius 1 is 1.00 bits per heavy atom. The fourth-order valence-corrected chi connectivity index (χ4v) is 4.58. The van der Waals surface area contributed by atoms with Crippen molar-refractivity contribution in [3.8, 4) is 0 Å². The third-order valence-electron chi connectivity index (χ3n) is 6.14. The molecular formula is C20H24O6-2. The summed E-state index contributed by atoms with van der Waals surface area (Å²) in [5.74, 6) is -2.23. The van der Waals surface area contributed by atoms with Gasteiger partial charge < -0.3 is 29.3 Å². The fourth-order valence-electron chi connectivity index (χ4n) is 4.58. The van der Waals surface area contributed by atoms with Crippen LogP contribution in [0.1, 0.15) is 57.8 Å². The highest BCUT2D eigenvalue weighted by molar-refractivity contribution is 5.74. The van der Waals surface area contributed by atoms with Gasteiger partial charge in [0, 0.05) is 17.4 Å². The normalized spacial score (nSPS) is 33.8. The lowest BCUT2D eigenvalue weighted by Crippen LogP contribution is -2.43. The molecule has 6 nitrogen and oxygen atoms in total. The van der Waals surface area contributed by atoms with Gasteiger partial charge in [0.1, 0.15) is 12.2 Å². The Hall–Kier alpha value is -1.66.